The molecule has 0 radical (unpaired) electrons. The number of amides is 3. The summed E-state index contributed by atoms with van der Waals surface area (Å²) in [7, 11) is 0. The number of unbranched alkanes of at least 4 members (excludes halogenated alkanes) is 1. The highest BCUT2D eigenvalue weighted by molar-refractivity contribution is 6.10. The van der Waals surface area contributed by atoms with Crippen LogP contribution in [0.1, 0.15) is 56.1 Å². The number of carbonyl (C=O) groups is 4. The van der Waals surface area contributed by atoms with Crippen molar-refractivity contribution in [1.82, 2.24) is 21.3 Å². The Bertz CT molecular complexity index is 2660. The number of benzene rings is 6. The predicted octanol–water partition coefficient (Wildman–Crippen LogP) is 7.22. The Balaban J connectivity index is 1.20. The van der Waals surface area contributed by atoms with Crippen molar-refractivity contribution in [2.75, 3.05) is 26.3 Å². The molecule has 14 heteroatoms. The van der Waals surface area contributed by atoms with E-state index in [1.54, 1.807) is 0 Å². The number of esters is 1. The smallest absolute Gasteiger partial charge is 0.329 e. The first kappa shape index (κ1) is 50.7. The monoisotopic (exact) mass is 933 g/mol. The molecular weight excluding hydrogens is 871 g/mol. The summed E-state index contributed by atoms with van der Waals surface area (Å²) >= 11 is 0. The van der Waals surface area contributed by atoms with Crippen LogP contribution in [0.5, 0.6) is 11.5 Å². The van der Waals surface area contributed by atoms with E-state index >= 15 is 0 Å². The molecule has 9 N–H and O–H groups in total. The molecule has 0 aliphatic heterocycles. The number of hydrogen-bond donors (Lipinski definition) is 7. The average molecular weight is 934 g/mol. The van der Waals surface area contributed by atoms with Gasteiger partial charge < -0.3 is 46.9 Å². The van der Waals surface area contributed by atoms with Crippen LogP contribution in [-0.4, -0.2) is 74.1 Å². The third-order valence-electron chi connectivity index (χ3n) is 11.5. The van der Waals surface area contributed by atoms with Crippen LogP contribution in [0.4, 0.5) is 0 Å². The largest absolute Gasteiger partial charge is 0.493 e. The first-order chi connectivity index (χ1) is 33.6. The molecule has 0 aromatic heterocycles. The SMILES string of the molecule is C=CC[C@H](NC(=O)[C@@H](CCCNC(=N)N)NC(=O)[C@@H](CCCCN)NC(=O)COc1ccc2ccccc2c1-c1c(OCCCc2ccccc2)ccc2ccccc12)C(=O)OCc1ccccc1. The molecule has 0 aliphatic carbocycles. The molecule has 0 spiro atoms. The average Bonchev–Trinajstić information content (AvgIpc) is 3.37. The van der Waals surface area contributed by atoms with Crippen LogP contribution in [0.3, 0.4) is 0 Å². The van der Waals surface area contributed by atoms with Crippen molar-refractivity contribution in [3.8, 4) is 22.6 Å². The molecule has 6 rings (SSSR count). The fourth-order valence-electron chi connectivity index (χ4n) is 8.06. The molecule has 3 amide bonds. The minimum Gasteiger partial charge on any atom is -0.493 e. The summed E-state index contributed by atoms with van der Waals surface area (Å²) in [6.45, 7) is 4.41. The number of ether oxygens (including phenoxy) is 3. The van der Waals surface area contributed by atoms with Crippen LogP contribution in [0.15, 0.2) is 146 Å². The van der Waals surface area contributed by atoms with Gasteiger partial charge in [0.1, 0.15) is 36.2 Å². The van der Waals surface area contributed by atoms with Gasteiger partial charge in [0.25, 0.3) is 5.91 Å². The number of guanidine groups is 1. The van der Waals surface area contributed by atoms with E-state index in [0.717, 1.165) is 51.1 Å². The Morgan fingerprint density at radius 1 is 0.623 bits per heavy atom. The van der Waals surface area contributed by atoms with Gasteiger partial charge in [-0.25, -0.2) is 4.79 Å². The minimum absolute atomic E-state index is 0.00429. The van der Waals surface area contributed by atoms with Gasteiger partial charge in [-0.2, -0.15) is 0 Å². The summed E-state index contributed by atoms with van der Waals surface area (Å²) in [6.07, 6.45) is 5.00. The summed E-state index contributed by atoms with van der Waals surface area (Å²) < 4.78 is 18.5. The van der Waals surface area contributed by atoms with Crippen molar-refractivity contribution in [2.45, 2.75) is 76.1 Å². The van der Waals surface area contributed by atoms with E-state index in [-0.39, 0.29) is 38.4 Å². The van der Waals surface area contributed by atoms with Gasteiger partial charge in [0.2, 0.25) is 11.8 Å². The summed E-state index contributed by atoms with van der Waals surface area (Å²) in [5, 5.41) is 22.5. The zero-order chi connectivity index (χ0) is 48.8. The van der Waals surface area contributed by atoms with Gasteiger partial charge in [0, 0.05) is 17.7 Å². The summed E-state index contributed by atoms with van der Waals surface area (Å²) in [4.78, 5) is 55.3. The number of carbonyl (C=O) groups excluding carboxylic acids is 4. The molecule has 3 atom stereocenters. The fourth-order valence-corrected chi connectivity index (χ4v) is 8.06. The van der Waals surface area contributed by atoms with Crippen molar-refractivity contribution in [3.63, 3.8) is 0 Å². The van der Waals surface area contributed by atoms with Crippen LogP contribution in [0.2, 0.25) is 0 Å². The van der Waals surface area contributed by atoms with E-state index in [2.05, 4.69) is 46.0 Å². The molecule has 6 aromatic rings. The first-order valence-corrected chi connectivity index (χ1v) is 23.5. The topological polar surface area (TPSA) is 220 Å². The number of fused-ring (bicyclic) bond motifs is 2. The van der Waals surface area contributed by atoms with Gasteiger partial charge in [-0.1, -0.05) is 127 Å². The fraction of sp³-hybridized carbons (Fsp3) is 0.291. The molecular formula is C55H63N7O7. The van der Waals surface area contributed by atoms with E-state index in [4.69, 9.17) is 31.1 Å². The van der Waals surface area contributed by atoms with Crippen molar-refractivity contribution in [3.05, 3.63) is 157 Å². The maximum Gasteiger partial charge on any atom is 0.329 e. The molecule has 0 saturated carbocycles. The molecule has 69 heavy (non-hydrogen) atoms. The van der Waals surface area contributed by atoms with Gasteiger partial charge in [0.15, 0.2) is 12.6 Å². The molecule has 0 fully saturated rings. The van der Waals surface area contributed by atoms with Crippen LogP contribution in [0.25, 0.3) is 32.7 Å². The third kappa shape index (κ3) is 15.1. The predicted molar refractivity (Wildman–Crippen MR) is 272 cm³/mol. The summed E-state index contributed by atoms with van der Waals surface area (Å²) in [5.41, 5.74) is 14.9. The standard InChI is InChI=1S/C55H63N7O7/c1-2-17-46(54(66)69-36-39-20-7-4-8-21-39)62-53(65)45(28-15-34-59-55(57)58)61-52(64)44(27-13-14-33-56)60-49(63)37-68-48-32-30-41-24-10-12-26-43(41)51(48)50-42-25-11-9-23-40(42)29-31-47(50)67-35-16-22-38-18-5-3-6-19-38/h2-12,18-21,23-26,29-32,44-46H,1,13-17,22,27-28,33-37,56H2,(H,60,63)(H,61,64)(H,62,65)(H4,57,58,59)/t44-,45-,46+/m1/s1. The third-order valence-corrected chi connectivity index (χ3v) is 11.5. The number of nitrogens with two attached hydrogens (primary N) is 2. The lowest BCUT2D eigenvalue weighted by Crippen LogP contribution is -2.56. The second-order valence-corrected chi connectivity index (χ2v) is 16.7. The molecule has 360 valence electrons. The number of hydrogen-bond acceptors (Lipinski definition) is 9. The highest BCUT2D eigenvalue weighted by Gasteiger charge is 2.30. The number of rotatable bonds is 27. The molecule has 6 aromatic carbocycles. The van der Waals surface area contributed by atoms with Gasteiger partial charge in [-0.3, -0.25) is 19.8 Å². The lowest BCUT2D eigenvalue weighted by molar-refractivity contribution is -0.149. The normalized spacial score (nSPS) is 12.2. The second kappa shape index (κ2) is 26.6. The van der Waals surface area contributed by atoms with Crippen LogP contribution >= 0.6 is 0 Å². The van der Waals surface area contributed by atoms with E-state index < -0.39 is 48.4 Å². The van der Waals surface area contributed by atoms with Gasteiger partial charge >= 0.3 is 5.97 Å². The van der Waals surface area contributed by atoms with E-state index in [9.17, 15) is 19.2 Å². The van der Waals surface area contributed by atoms with Crippen molar-refractivity contribution >= 4 is 51.2 Å². The van der Waals surface area contributed by atoms with Gasteiger partial charge in [0.05, 0.1) is 6.61 Å². The van der Waals surface area contributed by atoms with E-state index in [1.807, 2.05) is 115 Å². The maximum atomic E-state index is 14.2. The summed E-state index contributed by atoms with van der Waals surface area (Å²) in [6, 6.07) is 40.0. The second-order valence-electron chi connectivity index (χ2n) is 16.7. The van der Waals surface area contributed by atoms with Gasteiger partial charge in [-0.05, 0) is 103 Å². The van der Waals surface area contributed by atoms with Crippen molar-refractivity contribution < 1.29 is 33.4 Å². The zero-order valence-electron chi connectivity index (χ0n) is 38.9. The maximum absolute atomic E-state index is 14.2. The Labute approximate surface area is 403 Å². The molecule has 0 aliphatic rings. The molecule has 0 unspecified atom stereocenters. The van der Waals surface area contributed by atoms with Crippen LogP contribution < -0.4 is 42.2 Å². The quantitative estimate of drug-likeness (QED) is 0.00904. The van der Waals surface area contributed by atoms with Crippen molar-refractivity contribution in [2.24, 2.45) is 11.5 Å². The highest BCUT2D eigenvalue weighted by Crippen LogP contribution is 2.45. The van der Waals surface area contributed by atoms with E-state index in [0.29, 0.717) is 43.9 Å². The van der Waals surface area contributed by atoms with Crippen molar-refractivity contribution in [1.29, 1.82) is 5.41 Å². The molecule has 0 saturated heterocycles. The minimum atomic E-state index is -1.14. The summed E-state index contributed by atoms with van der Waals surface area (Å²) in [5.74, 6) is -1.58. The lowest BCUT2D eigenvalue weighted by Gasteiger charge is -2.25. The Kier molecular flexibility index (Phi) is 19.5. The van der Waals surface area contributed by atoms with Crippen LogP contribution in [0, 0.1) is 5.41 Å². The molecule has 0 bridgehead atoms. The lowest BCUT2D eigenvalue weighted by atomic mass is 9.92. The Hall–Kier alpha value is -7.71. The number of aryl methyl sites for hydroxylation is 1. The highest BCUT2D eigenvalue weighted by atomic mass is 16.5. The zero-order valence-corrected chi connectivity index (χ0v) is 38.9. The molecule has 0 heterocycles. The molecule has 14 nitrogen and oxygen atoms in total. The van der Waals surface area contributed by atoms with Crippen LogP contribution in [-0.2, 0) is 36.9 Å². The Morgan fingerprint density at radius 2 is 1.17 bits per heavy atom. The first-order valence-electron chi connectivity index (χ1n) is 23.5. The Morgan fingerprint density at radius 3 is 1.78 bits per heavy atom. The number of nitrogens with one attached hydrogen (secondary N) is 5. The van der Waals surface area contributed by atoms with Gasteiger partial charge in [-0.15, -0.1) is 6.58 Å². The van der Waals surface area contributed by atoms with E-state index in [1.165, 1.54) is 11.6 Å².